The van der Waals surface area contributed by atoms with Gasteiger partial charge in [-0.1, -0.05) is 6.07 Å². The van der Waals surface area contributed by atoms with Crippen molar-refractivity contribution in [1.29, 1.82) is 0 Å². The van der Waals surface area contributed by atoms with Gasteiger partial charge < -0.3 is 4.74 Å². The van der Waals surface area contributed by atoms with E-state index in [4.69, 9.17) is 4.74 Å². The van der Waals surface area contributed by atoms with Gasteiger partial charge in [0.25, 0.3) is 0 Å². The van der Waals surface area contributed by atoms with Crippen molar-refractivity contribution in [3.63, 3.8) is 0 Å². The van der Waals surface area contributed by atoms with Crippen molar-refractivity contribution < 1.29 is 13.2 Å². The smallest absolute Gasteiger partial charge is 0.250 e. The summed E-state index contributed by atoms with van der Waals surface area (Å²) in [5.74, 6) is 0.763. The van der Waals surface area contributed by atoms with Gasteiger partial charge in [-0.2, -0.15) is 0 Å². The Morgan fingerprint density at radius 3 is 2.33 bits per heavy atom. The normalized spacial score (nSPS) is 11.6. The lowest BCUT2D eigenvalue weighted by molar-refractivity contribution is 0.322. The Morgan fingerprint density at radius 2 is 1.76 bits per heavy atom. The van der Waals surface area contributed by atoms with Crippen molar-refractivity contribution in [3.8, 4) is 5.75 Å². The molecule has 0 fully saturated rings. The molecule has 0 aliphatic carbocycles. The third-order valence-corrected chi connectivity index (χ3v) is 5.79. The van der Waals surface area contributed by atoms with Crippen LogP contribution in [0.3, 0.4) is 0 Å². The molecule has 0 amide bonds. The summed E-state index contributed by atoms with van der Waals surface area (Å²) < 4.78 is 32.5. The Hall–Kier alpha value is -1.37. The molecule has 0 radical (unpaired) electrons. The van der Waals surface area contributed by atoms with E-state index in [1.54, 1.807) is 12.1 Å². The Balaban J connectivity index is 1.87. The van der Waals surface area contributed by atoms with Gasteiger partial charge >= 0.3 is 0 Å². The fourth-order valence-electron chi connectivity index (χ4n) is 1.99. The third-order valence-electron chi connectivity index (χ3n) is 2.84. The minimum Gasteiger partial charge on any atom is -0.492 e. The summed E-state index contributed by atoms with van der Waals surface area (Å²) in [6.07, 6.45) is 0. The van der Waals surface area contributed by atoms with Crippen molar-refractivity contribution in [2.45, 2.75) is 25.0 Å². The number of aryl methyl sites for hydroxylation is 3. The molecule has 2 rings (SSSR count). The van der Waals surface area contributed by atoms with Crippen LogP contribution < -0.4 is 9.46 Å². The molecule has 6 heteroatoms. The van der Waals surface area contributed by atoms with Crippen LogP contribution in [-0.2, 0) is 10.0 Å². The summed E-state index contributed by atoms with van der Waals surface area (Å²) in [5.41, 5.74) is 2.25. The van der Waals surface area contributed by atoms with Crippen LogP contribution in [0.4, 0.5) is 0 Å². The average Bonchev–Trinajstić information content (AvgIpc) is 2.81. The second-order valence-corrected chi connectivity index (χ2v) is 8.22. The summed E-state index contributed by atoms with van der Waals surface area (Å²) >= 11 is 1.26. The first-order chi connectivity index (χ1) is 9.87. The molecule has 1 aromatic heterocycles. The minimum atomic E-state index is -3.42. The quantitative estimate of drug-likeness (QED) is 0.831. The number of hydrogen-bond acceptors (Lipinski definition) is 4. The Bertz CT molecular complexity index is 700. The van der Waals surface area contributed by atoms with E-state index in [0.29, 0.717) is 10.8 Å². The van der Waals surface area contributed by atoms with Gasteiger partial charge in [-0.25, -0.2) is 13.1 Å². The summed E-state index contributed by atoms with van der Waals surface area (Å²) in [4.78, 5) is 0.974. The van der Waals surface area contributed by atoms with Gasteiger partial charge in [-0.05, 0) is 56.2 Å². The van der Waals surface area contributed by atoms with Crippen molar-refractivity contribution >= 4 is 21.4 Å². The average molecular weight is 325 g/mol. The van der Waals surface area contributed by atoms with Crippen molar-refractivity contribution in [1.82, 2.24) is 4.72 Å². The van der Waals surface area contributed by atoms with E-state index in [-0.39, 0.29) is 6.54 Å². The molecular formula is C15H19NO3S2. The largest absolute Gasteiger partial charge is 0.492 e. The maximum atomic E-state index is 12.0. The van der Waals surface area contributed by atoms with E-state index >= 15 is 0 Å². The van der Waals surface area contributed by atoms with Crippen LogP contribution in [0.2, 0.25) is 0 Å². The predicted molar refractivity (Wildman–Crippen MR) is 85.7 cm³/mol. The second-order valence-electron chi connectivity index (χ2n) is 4.93. The van der Waals surface area contributed by atoms with Crippen LogP contribution >= 0.6 is 11.3 Å². The van der Waals surface area contributed by atoms with Crippen LogP contribution in [0.25, 0.3) is 0 Å². The van der Waals surface area contributed by atoms with E-state index in [1.807, 2.05) is 32.9 Å². The first-order valence-corrected chi connectivity index (χ1v) is 8.94. The molecule has 4 nitrogen and oxygen atoms in total. The minimum absolute atomic E-state index is 0.242. The number of nitrogens with one attached hydrogen (secondary N) is 1. The zero-order valence-electron chi connectivity index (χ0n) is 12.3. The molecular weight excluding hydrogens is 306 g/mol. The molecule has 0 bridgehead atoms. The summed E-state index contributed by atoms with van der Waals surface area (Å²) in [6.45, 7) is 6.43. The maximum Gasteiger partial charge on any atom is 0.250 e. The SMILES string of the molecule is Cc1cc(C)cc(OCCNS(=O)(=O)c2ccc(C)s2)c1. The zero-order valence-corrected chi connectivity index (χ0v) is 14.0. The van der Waals surface area contributed by atoms with Crippen LogP contribution in [0.5, 0.6) is 5.75 Å². The molecule has 0 saturated carbocycles. The van der Waals surface area contributed by atoms with Crippen LogP contribution in [-0.4, -0.2) is 21.6 Å². The lowest BCUT2D eigenvalue weighted by Crippen LogP contribution is -2.27. The number of benzene rings is 1. The molecule has 21 heavy (non-hydrogen) atoms. The highest BCUT2D eigenvalue weighted by Gasteiger charge is 2.15. The molecule has 0 unspecified atom stereocenters. The van der Waals surface area contributed by atoms with Crippen molar-refractivity contribution in [2.24, 2.45) is 0 Å². The fourth-order valence-corrected chi connectivity index (χ4v) is 4.33. The van der Waals surface area contributed by atoms with Crippen molar-refractivity contribution in [3.05, 3.63) is 46.3 Å². The topological polar surface area (TPSA) is 55.4 Å². The Labute approximate surface area is 129 Å². The van der Waals surface area contributed by atoms with E-state index in [9.17, 15) is 8.42 Å². The number of rotatable bonds is 6. The van der Waals surface area contributed by atoms with Crippen molar-refractivity contribution in [2.75, 3.05) is 13.2 Å². The van der Waals surface area contributed by atoms with Gasteiger partial charge in [0.1, 0.15) is 16.6 Å². The van der Waals surface area contributed by atoms with E-state index in [2.05, 4.69) is 10.8 Å². The first kappa shape index (κ1) is 16.0. The summed E-state index contributed by atoms with van der Waals surface area (Å²) in [6, 6.07) is 9.35. The number of hydrogen-bond donors (Lipinski definition) is 1. The fraction of sp³-hybridized carbons (Fsp3) is 0.333. The van der Waals surface area contributed by atoms with Gasteiger partial charge in [-0.15, -0.1) is 11.3 Å². The standard InChI is InChI=1S/C15H19NO3S2/c1-11-8-12(2)10-14(9-11)19-7-6-16-21(17,18)15-5-4-13(3)20-15/h4-5,8-10,16H,6-7H2,1-3H3. The number of sulfonamides is 1. The molecule has 114 valence electrons. The summed E-state index contributed by atoms with van der Waals surface area (Å²) in [7, 11) is -3.42. The molecule has 1 heterocycles. The molecule has 1 aromatic carbocycles. The van der Waals surface area contributed by atoms with Crippen LogP contribution in [0.15, 0.2) is 34.5 Å². The molecule has 0 aliphatic heterocycles. The van der Waals surface area contributed by atoms with E-state index < -0.39 is 10.0 Å². The van der Waals surface area contributed by atoms with Gasteiger partial charge in [0.2, 0.25) is 10.0 Å². The van der Waals surface area contributed by atoms with Gasteiger partial charge in [0.15, 0.2) is 0 Å². The monoisotopic (exact) mass is 325 g/mol. The van der Waals surface area contributed by atoms with Crippen LogP contribution in [0.1, 0.15) is 16.0 Å². The molecule has 0 aliphatic rings. The zero-order chi connectivity index (χ0) is 15.5. The lowest BCUT2D eigenvalue weighted by Gasteiger charge is -2.09. The third kappa shape index (κ3) is 4.56. The van der Waals surface area contributed by atoms with Gasteiger partial charge in [0, 0.05) is 11.4 Å². The highest BCUT2D eigenvalue weighted by Crippen LogP contribution is 2.20. The maximum absolute atomic E-state index is 12.0. The van der Waals surface area contributed by atoms with E-state index in [0.717, 1.165) is 21.8 Å². The molecule has 0 spiro atoms. The summed E-state index contributed by atoms with van der Waals surface area (Å²) in [5, 5.41) is 0. The highest BCUT2D eigenvalue weighted by atomic mass is 32.2. The predicted octanol–water partition coefficient (Wildman–Crippen LogP) is 3.03. The first-order valence-electron chi connectivity index (χ1n) is 6.64. The Morgan fingerprint density at radius 1 is 1.10 bits per heavy atom. The molecule has 2 aromatic rings. The molecule has 1 N–H and O–H groups in total. The molecule has 0 saturated heterocycles. The number of ether oxygens (including phenoxy) is 1. The lowest BCUT2D eigenvalue weighted by atomic mass is 10.1. The van der Waals surface area contributed by atoms with Gasteiger partial charge in [0.05, 0.1) is 0 Å². The second kappa shape index (κ2) is 6.60. The van der Waals surface area contributed by atoms with E-state index in [1.165, 1.54) is 11.3 Å². The van der Waals surface area contributed by atoms with Crippen LogP contribution in [0, 0.1) is 20.8 Å². The highest BCUT2D eigenvalue weighted by molar-refractivity contribution is 7.91. The Kier molecular flexibility index (Phi) is 5.03. The molecule has 0 atom stereocenters. The number of thiophene rings is 1. The van der Waals surface area contributed by atoms with Gasteiger partial charge in [-0.3, -0.25) is 0 Å².